The van der Waals surface area contributed by atoms with Crippen LogP contribution in [0.1, 0.15) is 15.9 Å². The van der Waals surface area contributed by atoms with Gasteiger partial charge in [-0.3, -0.25) is 9.36 Å². The summed E-state index contributed by atoms with van der Waals surface area (Å²) in [6.45, 7) is -0.320. The van der Waals surface area contributed by atoms with Crippen molar-refractivity contribution in [1.82, 2.24) is 9.55 Å². The lowest BCUT2D eigenvalue weighted by atomic mass is 10.1. The van der Waals surface area contributed by atoms with Crippen molar-refractivity contribution in [2.24, 2.45) is 0 Å². The second kappa shape index (κ2) is 5.73. The van der Waals surface area contributed by atoms with Gasteiger partial charge in [-0.15, -0.1) is 0 Å². The molecule has 2 aromatic carbocycles. The summed E-state index contributed by atoms with van der Waals surface area (Å²) in [6.07, 6.45) is 0. The average Bonchev–Trinajstić information content (AvgIpc) is 2.50. The largest absolute Gasteiger partial charge is 0.478 e. The monoisotopic (exact) mass is 332 g/mol. The molecule has 0 bridgehead atoms. The number of benzene rings is 2. The third-order valence-electron chi connectivity index (χ3n) is 3.49. The molecule has 24 heavy (non-hydrogen) atoms. The fourth-order valence-electron chi connectivity index (χ4n) is 2.42. The number of aromatic nitrogens is 2. The van der Waals surface area contributed by atoms with Crippen LogP contribution in [-0.2, 0) is 6.54 Å². The smallest absolute Gasteiger partial charge is 0.335 e. The molecule has 2 N–H and O–H groups in total. The van der Waals surface area contributed by atoms with Gasteiger partial charge in [0, 0.05) is 6.07 Å². The zero-order valence-corrected chi connectivity index (χ0v) is 12.0. The maximum atomic E-state index is 13.2. The van der Waals surface area contributed by atoms with Crippen LogP contribution in [0.5, 0.6) is 0 Å². The number of nitrogens with zero attached hydrogens (tertiary/aromatic N) is 1. The van der Waals surface area contributed by atoms with Gasteiger partial charge < -0.3 is 10.1 Å². The number of halogens is 2. The van der Waals surface area contributed by atoms with Crippen molar-refractivity contribution in [2.75, 3.05) is 0 Å². The van der Waals surface area contributed by atoms with Crippen LogP contribution >= 0.6 is 0 Å². The van der Waals surface area contributed by atoms with E-state index in [0.29, 0.717) is 6.07 Å². The first-order chi connectivity index (χ1) is 11.3. The van der Waals surface area contributed by atoms with Crippen molar-refractivity contribution in [3.63, 3.8) is 0 Å². The molecule has 0 fully saturated rings. The summed E-state index contributed by atoms with van der Waals surface area (Å²) in [5.41, 5.74) is -1.38. The van der Waals surface area contributed by atoms with E-state index in [1.165, 1.54) is 18.2 Å². The minimum Gasteiger partial charge on any atom is -0.478 e. The van der Waals surface area contributed by atoms with E-state index in [-0.39, 0.29) is 28.6 Å². The molecule has 1 heterocycles. The fraction of sp³-hybridized carbons (Fsp3) is 0.0625. The quantitative estimate of drug-likeness (QED) is 0.764. The molecule has 0 aliphatic rings. The Bertz CT molecular complexity index is 1070. The number of hydrogen-bond donors (Lipinski definition) is 2. The number of carboxylic acids is 1. The molecule has 0 unspecified atom stereocenters. The molecule has 0 atom stereocenters. The van der Waals surface area contributed by atoms with Crippen LogP contribution in [0.2, 0.25) is 0 Å². The number of carboxylic acid groups (broad SMARTS) is 1. The first-order valence-corrected chi connectivity index (χ1v) is 6.80. The van der Waals surface area contributed by atoms with Crippen molar-refractivity contribution in [3.8, 4) is 0 Å². The summed E-state index contributed by atoms with van der Waals surface area (Å²) in [7, 11) is 0. The van der Waals surface area contributed by atoms with Crippen molar-refractivity contribution < 1.29 is 18.7 Å². The Hall–Kier alpha value is -3.29. The predicted molar refractivity (Wildman–Crippen MR) is 81.2 cm³/mol. The van der Waals surface area contributed by atoms with Gasteiger partial charge in [-0.1, -0.05) is 0 Å². The molecule has 0 aliphatic carbocycles. The summed E-state index contributed by atoms with van der Waals surface area (Å²) >= 11 is 0. The molecule has 0 aliphatic heterocycles. The maximum absolute atomic E-state index is 13.2. The zero-order valence-electron chi connectivity index (χ0n) is 12.0. The van der Waals surface area contributed by atoms with Crippen molar-refractivity contribution >= 4 is 16.9 Å². The van der Waals surface area contributed by atoms with Crippen molar-refractivity contribution in [2.45, 2.75) is 6.54 Å². The Balaban J connectivity index is 2.15. The second-order valence-electron chi connectivity index (χ2n) is 5.16. The zero-order chi connectivity index (χ0) is 17.4. The molecule has 0 spiro atoms. The molecule has 0 saturated heterocycles. The molecular formula is C16H10F2N2O4. The van der Waals surface area contributed by atoms with E-state index in [9.17, 15) is 23.2 Å². The van der Waals surface area contributed by atoms with E-state index in [2.05, 4.69) is 4.98 Å². The van der Waals surface area contributed by atoms with Crippen LogP contribution < -0.4 is 11.2 Å². The Kier molecular flexibility index (Phi) is 3.72. The summed E-state index contributed by atoms with van der Waals surface area (Å²) in [5, 5.41) is 9.03. The lowest BCUT2D eigenvalue weighted by Gasteiger charge is -2.07. The number of carbonyl (C=O) groups is 1. The first-order valence-electron chi connectivity index (χ1n) is 6.80. The summed E-state index contributed by atoms with van der Waals surface area (Å²) in [5.74, 6) is -2.83. The van der Waals surface area contributed by atoms with E-state index in [4.69, 9.17) is 5.11 Å². The molecule has 0 radical (unpaired) electrons. The molecule has 3 rings (SSSR count). The van der Waals surface area contributed by atoms with Gasteiger partial charge in [0.25, 0.3) is 5.56 Å². The average molecular weight is 332 g/mol. The predicted octanol–water partition coefficient (Wildman–Crippen LogP) is 1.71. The number of fused-ring (bicyclic) bond motifs is 1. The van der Waals surface area contributed by atoms with Gasteiger partial charge >= 0.3 is 11.7 Å². The number of rotatable bonds is 3. The summed E-state index contributed by atoms with van der Waals surface area (Å²) in [4.78, 5) is 37.8. The highest BCUT2D eigenvalue weighted by atomic mass is 19.1. The topological polar surface area (TPSA) is 92.2 Å². The Morgan fingerprint density at radius 3 is 2.38 bits per heavy atom. The SMILES string of the molecule is O=C(O)c1ccc2c(=O)n(Cc3cc(F)cc(F)c3)c(=O)[nH]c2c1. The van der Waals surface area contributed by atoms with Gasteiger partial charge in [0.1, 0.15) is 11.6 Å². The highest BCUT2D eigenvalue weighted by Gasteiger charge is 2.12. The van der Waals surface area contributed by atoms with Crippen molar-refractivity contribution in [3.05, 3.63) is 80.0 Å². The summed E-state index contributed by atoms with van der Waals surface area (Å²) in [6, 6.07) is 6.41. The molecule has 1 aromatic heterocycles. The minimum absolute atomic E-state index is 0.0755. The van der Waals surface area contributed by atoms with Crippen LogP contribution in [0.15, 0.2) is 46.0 Å². The normalized spacial score (nSPS) is 10.9. The molecule has 3 aromatic rings. The number of nitrogens with one attached hydrogen (secondary N) is 1. The third kappa shape index (κ3) is 2.81. The number of aromatic amines is 1. The van der Waals surface area contributed by atoms with Crippen molar-refractivity contribution in [1.29, 1.82) is 0 Å². The molecule has 6 nitrogen and oxygen atoms in total. The highest BCUT2D eigenvalue weighted by molar-refractivity contribution is 5.92. The van der Waals surface area contributed by atoms with Crippen LogP contribution in [-0.4, -0.2) is 20.6 Å². The standard InChI is InChI=1S/C16H10F2N2O4/c17-10-3-8(4-11(18)6-10)7-20-14(21)12-2-1-9(15(22)23)5-13(12)19-16(20)24/h1-6H,7H2,(H,19,24)(H,22,23). The van der Waals surface area contributed by atoms with Gasteiger partial charge in [-0.05, 0) is 35.9 Å². The third-order valence-corrected chi connectivity index (χ3v) is 3.49. The number of hydrogen-bond acceptors (Lipinski definition) is 3. The number of aromatic carboxylic acids is 1. The van der Waals surface area contributed by atoms with Crippen LogP contribution in [0.25, 0.3) is 10.9 Å². The van der Waals surface area contributed by atoms with Crippen LogP contribution in [0.3, 0.4) is 0 Å². The van der Waals surface area contributed by atoms with Gasteiger partial charge in [-0.25, -0.2) is 18.4 Å². The molecule has 0 saturated carbocycles. The highest BCUT2D eigenvalue weighted by Crippen LogP contribution is 2.11. The molecule has 8 heteroatoms. The van der Waals surface area contributed by atoms with E-state index in [1.807, 2.05) is 0 Å². The molecule has 122 valence electrons. The van der Waals surface area contributed by atoms with E-state index in [1.54, 1.807) is 0 Å². The Morgan fingerprint density at radius 2 is 1.75 bits per heavy atom. The first kappa shape index (κ1) is 15.6. The van der Waals surface area contributed by atoms with Gasteiger partial charge in [0.15, 0.2) is 0 Å². The van der Waals surface area contributed by atoms with Gasteiger partial charge in [0.2, 0.25) is 0 Å². The second-order valence-corrected chi connectivity index (χ2v) is 5.16. The van der Waals surface area contributed by atoms with Crippen LogP contribution in [0, 0.1) is 11.6 Å². The van der Waals surface area contributed by atoms with Gasteiger partial charge in [0.05, 0.1) is 23.0 Å². The van der Waals surface area contributed by atoms with E-state index >= 15 is 0 Å². The lowest BCUT2D eigenvalue weighted by Crippen LogP contribution is -2.35. The maximum Gasteiger partial charge on any atom is 0.335 e. The lowest BCUT2D eigenvalue weighted by molar-refractivity contribution is 0.0697. The molecule has 0 amide bonds. The van der Waals surface area contributed by atoms with Gasteiger partial charge in [-0.2, -0.15) is 0 Å². The Morgan fingerprint density at radius 1 is 1.08 bits per heavy atom. The molecular weight excluding hydrogens is 322 g/mol. The Labute approximate surface area is 132 Å². The fourth-order valence-corrected chi connectivity index (χ4v) is 2.42. The summed E-state index contributed by atoms with van der Waals surface area (Å²) < 4.78 is 27.3. The van der Waals surface area contributed by atoms with E-state index in [0.717, 1.165) is 16.7 Å². The van der Waals surface area contributed by atoms with E-state index < -0.39 is 28.9 Å². The minimum atomic E-state index is -1.20. The van der Waals surface area contributed by atoms with Crippen LogP contribution in [0.4, 0.5) is 8.78 Å². The number of H-pyrrole nitrogens is 1.